The highest BCUT2D eigenvalue weighted by Crippen LogP contribution is 2.29. The minimum absolute atomic E-state index is 0.327. The molecule has 0 fully saturated rings. The summed E-state index contributed by atoms with van der Waals surface area (Å²) in [7, 11) is 0. The SMILES string of the molecule is Cc1cc(Cl)nc(Cl)c1NCc1c(Cl)cccc1Cl. The van der Waals surface area contributed by atoms with Gasteiger partial charge in [0.05, 0.1) is 5.69 Å². The lowest BCUT2D eigenvalue weighted by Gasteiger charge is -2.13. The summed E-state index contributed by atoms with van der Waals surface area (Å²) in [5, 5.41) is 5.09. The number of anilines is 1. The lowest BCUT2D eigenvalue weighted by Crippen LogP contribution is -2.04. The van der Waals surface area contributed by atoms with Crippen LogP contribution in [0.5, 0.6) is 0 Å². The van der Waals surface area contributed by atoms with E-state index in [-0.39, 0.29) is 0 Å². The van der Waals surface area contributed by atoms with Crippen LogP contribution in [0.1, 0.15) is 11.1 Å². The maximum absolute atomic E-state index is 6.11. The van der Waals surface area contributed by atoms with Crippen molar-refractivity contribution < 1.29 is 0 Å². The number of aryl methyl sites for hydroxylation is 1. The van der Waals surface area contributed by atoms with Crippen molar-refractivity contribution in [2.45, 2.75) is 13.5 Å². The molecule has 2 rings (SSSR count). The summed E-state index contributed by atoms with van der Waals surface area (Å²) in [6, 6.07) is 7.12. The van der Waals surface area contributed by atoms with E-state index in [0.29, 0.717) is 26.9 Å². The first-order chi connectivity index (χ1) is 8.99. The number of benzene rings is 1. The number of rotatable bonds is 3. The minimum Gasteiger partial charge on any atom is -0.378 e. The number of hydrogen-bond acceptors (Lipinski definition) is 2. The molecule has 0 bridgehead atoms. The monoisotopic (exact) mass is 334 g/mol. The fraction of sp³-hybridized carbons (Fsp3) is 0.154. The number of pyridine rings is 1. The van der Waals surface area contributed by atoms with Crippen LogP contribution in [-0.4, -0.2) is 4.98 Å². The van der Waals surface area contributed by atoms with Crippen LogP contribution in [-0.2, 0) is 6.54 Å². The third-order valence-electron chi connectivity index (χ3n) is 2.64. The minimum atomic E-state index is 0.327. The molecule has 0 aliphatic carbocycles. The second-order valence-corrected chi connectivity index (χ2v) is 5.54. The predicted octanol–water partition coefficient (Wildman–Crippen LogP) is 5.62. The molecule has 0 radical (unpaired) electrons. The Morgan fingerprint density at radius 2 is 1.74 bits per heavy atom. The molecule has 1 N–H and O–H groups in total. The first-order valence-corrected chi connectivity index (χ1v) is 6.99. The van der Waals surface area contributed by atoms with Crippen molar-refractivity contribution in [2.75, 3.05) is 5.32 Å². The van der Waals surface area contributed by atoms with Gasteiger partial charge in [-0.05, 0) is 30.7 Å². The van der Waals surface area contributed by atoms with E-state index >= 15 is 0 Å². The van der Waals surface area contributed by atoms with E-state index in [2.05, 4.69) is 10.3 Å². The summed E-state index contributed by atoms with van der Waals surface area (Å²) in [4.78, 5) is 3.99. The second-order valence-electron chi connectivity index (χ2n) is 3.98. The van der Waals surface area contributed by atoms with Gasteiger partial charge in [-0.25, -0.2) is 4.98 Å². The molecule has 0 saturated heterocycles. The lowest BCUT2D eigenvalue weighted by molar-refractivity contribution is 1.12. The van der Waals surface area contributed by atoms with Crippen LogP contribution >= 0.6 is 46.4 Å². The summed E-state index contributed by atoms with van der Waals surface area (Å²) < 4.78 is 0. The van der Waals surface area contributed by atoms with Crippen molar-refractivity contribution in [1.29, 1.82) is 0 Å². The van der Waals surface area contributed by atoms with Crippen LogP contribution in [0.3, 0.4) is 0 Å². The largest absolute Gasteiger partial charge is 0.378 e. The van der Waals surface area contributed by atoms with Crippen molar-refractivity contribution in [3.05, 3.63) is 55.7 Å². The van der Waals surface area contributed by atoms with Gasteiger partial charge in [-0.3, -0.25) is 0 Å². The molecular weight excluding hydrogens is 326 g/mol. The molecule has 6 heteroatoms. The average molecular weight is 336 g/mol. The number of halogens is 4. The third kappa shape index (κ3) is 3.46. The summed E-state index contributed by atoms with van der Waals surface area (Å²) in [5.41, 5.74) is 2.45. The lowest BCUT2D eigenvalue weighted by atomic mass is 10.2. The average Bonchev–Trinajstić information content (AvgIpc) is 2.31. The molecule has 0 spiro atoms. The van der Waals surface area contributed by atoms with Crippen LogP contribution in [0, 0.1) is 6.92 Å². The van der Waals surface area contributed by atoms with Gasteiger partial charge in [0.2, 0.25) is 0 Å². The third-order valence-corrected chi connectivity index (χ3v) is 3.82. The smallest absolute Gasteiger partial charge is 0.154 e. The van der Waals surface area contributed by atoms with Crippen molar-refractivity contribution in [2.24, 2.45) is 0 Å². The Hall–Kier alpha value is -0.670. The van der Waals surface area contributed by atoms with Crippen molar-refractivity contribution in [3.8, 4) is 0 Å². The zero-order valence-corrected chi connectivity index (χ0v) is 13.0. The van der Waals surface area contributed by atoms with E-state index < -0.39 is 0 Å². The molecule has 1 aromatic heterocycles. The highest BCUT2D eigenvalue weighted by atomic mass is 35.5. The number of aromatic nitrogens is 1. The molecule has 0 saturated carbocycles. The Labute approximate surface area is 131 Å². The van der Waals surface area contributed by atoms with Crippen LogP contribution in [0.4, 0.5) is 5.69 Å². The van der Waals surface area contributed by atoms with Gasteiger partial charge >= 0.3 is 0 Å². The Kier molecular flexibility index (Phi) is 4.80. The van der Waals surface area contributed by atoms with Crippen LogP contribution in [0.15, 0.2) is 24.3 Å². The number of nitrogens with zero attached hydrogens (tertiary/aromatic N) is 1. The molecular formula is C13H10Cl4N2. The highest BCUT2D eigenvalue weighted by molar-refractivity contribution is 6.36. The first kappa shape index (κ1) is 14.7. The number of nitrogens with one attached hydrogen (secondary N) is 1. The molecule has 0 aliphatic heterocycles. The Balaban J connectivity index is 2.24. The van der Waals surface area contributed by atoms with Gasteiger partial charge in [0.1, 0.15) is 5.15 Å². The van der Waals surface area contributed by atoms with E-state index in [1.165, 1.54) is 0 Å². The van der Waals surface area contributed by atoms with Crippen LogP contribution in [0.25, 0.3) is 0 Å². The van der Waals surface area contributed by atoms with Gasteiger partial charge in [0.25, 0.3) is 0 Å². The fourth-order valence-electron chi connectivity index (χ4n) is 1.69. The second kappa shape index (κ2) is 6.19. The number of hydrogen-bond donors (Lipinski definition) is 1. The van der Waals surface area contributed by atoms with Crippen molar-refractivity contribution in [1.82, 2.24) is 4.98 Å². The van der Waals surface area contributed by atoms with Crippen molar-refractivity contribution >= 4 is 52.1 Å². The highest BCUT2D eigenvalue weighted by Gasteiger charge is 2.10. The van der Waals surface area contributed by atoms with E-state index in [1.807, 2.05) is 6.92 Å². The van der Waals surface area contributed by atoms with Gasteiger partial charge in [-0.15, -0.1) is 0 Å². The molecule has 2 aromatic rings. The first-order valence-electron chi connectivity index (χ1n) is 5.48. The zero-order valence-electron chi connectivity index (χ0n) is 9.98. The van der Waals surface area contributed by atoms with E-state index in [9.17, 15) is 0 Å². The molecule has 100 valence electrons. The molecule has 2 nitrogen and oxygen atoms in total. The van der Waals surface area contributed by atoms with E-state index in [1.54, 1.807) is 24.3 Å². The standard InChI is InChI=1S/C13H10Cl4N2/c1-7-5-11(16)19-13(17)12(7)18-6-8-9(14)3-2-4-10(8)15/h2-5,18H,6H2,1H3. The van der Waals surface area contributed by atoms with Gasteiger partial charge in [0, 0.05) is 22.2 Å². The fourth-order valence-corrected chi connectivity index (χ4v) is 2.82. The maximum atomic E-state index is 6.11. The summed E-state index contributed by atoms with van der Waals surface area (Å²) >= 11 is 24.1. The van der Waals surface area contributed by atoms with E-state index in [4.69, 9.17) is 46.4 Å². The van der Waals surface area contributed by atoms with Gasteiger partial charge in [-0.1, -0.05) is 52.5 Å². The Bertz CT molecular complexity index is 570. The molecule has 0 unspecified atom stereocenters. The summed E-state index contributed by atoms with van der Waals surface area (Å²) in [5.74, 6) is 0. The summed E-state index contributed by atoms with van der Waals surface area (Å²) in [6.45, 7) is 2.36. The quantitative estimate of drug-likeness (QED) is 0.737. The van der Waals surface area contributed by atoms with Crippen LogP contribution in [0.2, 0.25) is 20.4 Å². The molecule has 0 aliphatic rings. The Morgan fingerprint density at radius 3 is 2.32 bits per heavy atom. The topological polar surface area (TPSA) is 24.9 Å². The maximum Gasteiger partial charge on any atom is 0.154 e. The molecule has 0 amide bonds. The summed E-state index contributed by atoms with van der Waals surface area (Å²) in [6.07, 6.45) is 0. The molecule has 1 aromatic carbocycles. The van der Waals surface area contributed by atoms with Crippen LogP contribution < -0.4 is 5.32 Å². The van der Waals surface area contributed by atoms with Crippen molar-refractivity contribution in [3.63, 3.8) is 0 Å². The van der Waals surface area contributed by atoms with E-state index in [0.717, 1.165) is 16.8 Å². The Morgan fingerprint density at radius 1 is 1.11 bits per heavy atom. The predicted molar refractivity (Wildman–Crippen MR) is 82.8 cm³/mol. The van der Waals surface area contributed by atoms with Gasteiger partial charge in [-0.2, -0.15) is 0 Å². The zero-order chi connectivity index (χ0) is 14.0. The van der Waals surface area contributed by atoms with Gasteiger partial charge in [0.15, 0.2) is 5.15 Å². The molecule has 19 heavy (non-hydrogen) atoms. The van der Waals surface area contributed by atoms with Gasteiger partial charge < -0.3 is 5.32 Å². The molecule has 1 heterocycles. The normalized spacial score (nSPS) is 10.6. The molecule has 0 atom stereocenters.